The molecule has 1 aliphatic rings. The molecule has 26 heavy (non-hydrogen) atoms. The maximum absolute atomic E-state index is 13.0. The molecule has 0 aromatic heterocycles. The number of carbonyl (C=O) groups is 1. The first-order valence-electron chi connectivity index (χ1n) is 9.22. The minimum Gasteiger partial charge on any atom is -0.354 e. The topological polar surface area (TPSA) is 69.7 Å². The smallest absolute Gasteiger partial charge is 0.243 e. The number of nitrogens with one attached hydrogen (secondary N) is 1. The van der Waals surface area contributed by atoms with Gasteiger partial charge in [-0.05, 0) is 43.9 Å². The molecular formula is C19H31N3O3S. The number of piperazine rings is 1. The third kappa shape index (κ3) is 4.84. The monoisotopic (exact) mass is 381 g/mol. The molecule has 7 heteroatoms. The van der Waals surface area contributed by atoms with Gasteiger partial charge in [0.15, 0.2) is 0 Å². The van der Waals surface area contributed by atoms with E-state index in [0.29, 0.717) is 43.5 Å². The van der Waals surface area contributed by atoms with Gasteiger partial charge in [-0.1, -0.05) is 26.0 Å². The van der Waals surface area contributed by atoms with E-state index in [4.69, 9.17) is 0 Å². The largest absolute Gasteiger partial charge is 0.354 e. The molecule has 0 bridgehead atoms. The predicted octanol–water partition coefficient (Wildman–Crippen LogP) is 1.77. The Kier molecular flexibility index (Phi) is 6.82. The van der Waals surface area contributed by atoms with Gasteiger partial charge < -0.3 is 5.32 Å². The van der Waals surface area contributed by atoms with E-state index in [-0.39, 0.29) is 11.9 Å². The van der Waals surface area contributed by atoms with E-state index in [1.165, 1.54) is 4.31 Å². The maximum atomic E-state index is 13.0. The van der Waals surface area contributed by atoms with Crippen LogP contribution in [0.2, 0.25) is 0 Å². The van der Waals surface area contributed by atoms with Crippen molar-refractivity contribution in [3.63, 3.8) is 0 Å². The summed E-state index contributed by atoms with van der Waals surface area (Å²) in [5.74, 6) is 0.412. The number of nitrogens with zero attached hydrogens (tertiary/aromatic N) is 2. The van der Waals surface area contributed by atoms with Crippen LogP contribution in [0.15, 0.2) is 23.1 Å². The molecule has 1 atom stereocenters. The third-order valence-corrected chi connectivity index (χ3v) is 6.89. The molecule has 1 heterocycles. The summed E-state index contributed by atoms with van der Waals surface area (Å²) < 4.78 is 27.5. The van der Waals surface area contributed by atoms with Gasteiger partial charge in [0, 0.05) is 32.7 Å². The summed E-state index contributed by atoms with van der Waals surface area (Å²) in [6.07, 6.45) is 0. The minimum atomic E-state index is -3.50. The van der Waals surface area contributed by atoms with Crippen molar-refractivity contribution in [3.05, 3.63) is 29.3 Å². The lowest BCUT2D eigenvalue weighted by Crippen LogP contribution is -2.55. The highest BCUT2D eigenvalue weighted by Crippen LogP contribution is 2.22. The van der Waals surface area contributed by atoms with Crippen LogP contribution in [0.3, 0.4) is 0 Å². The molecule has 1 aromatic rings. The van der Waals surface area contributed by atoms with Gasteiger partial charge in [0.2, 0.25) is 15.9 Å². The van der Waals surface area contributed by atoms with Crippen molar-refractivity contribution < 1.29 is 13.2 Å². The normalized spacial score (nSPS) is 18.1. The molecule has 0 radical (unpaired) electrons. The highest BCUT2D eigenvalue weighted by Gasteiger charge is 2.32. The first-order chi connectivity index (χ1) is 12.1. The fraction of sp³-hybridized carbons (Fsp3) is 0.632. The standard InChI is InChI=1S/C19H31N3O3S/c1-14(2)13-20-19(23)17(5)21-8-10-22(11-9-21)26(24,25)18-12-15(3)6-7-16(18)4/h6-7,12,14,17H,8-11,13H2,1-5H3,(H,20,23)/t17-/m1/s1. The van der Waals surface area contributed by atoms with Crippen LogP contribution in [-0.2, 0) is 14.8 Å². The molecule has 0 aliphatic carbocycles. The zero-order valence-electron chi connectivity index (χ0n) is 16.4. The number of rotatable bonds is 6. The Hall–Kier alpha value is -1.44. The quantitative estimate of drug-likeness (QED) is 0.815. The predicted molar refractivity (Wildman–Crippen MR) is 104 cm³/mol. The number of aryl methyl sites for hydroxylation is 2. The van der Waals surface area contributed by atoms with Crippen LogP contribution in [0, 0.1) is 19.8 Å². The molecule has 2 rings (SSSR count). The van der Waals surface area contributed by atoms with Crippen molar-refractivity contribution in [1.82, 2.24) is 14.5 Å². The molecule has 146 valence electrons. The van der Waals surface area contributed by atoms with Crippen LogP contribution in [0.25, 0.3) is 0 Å². The Morgan fingerprint density at radius 3 is 2.31 bits per heavy atom. The molecule has 1 N–H and O–H groups in total. The van der Waals surface area contributed by atoms with Crippen LogP contribution in [0.4, 0.5) is 0 Å². The molecule has 6 nitrogen and oxygen atoms in total. The first-order valence-corrected chi connectivity index (χ1v) is 10.7. The molecule has 1 aliphatic heterocycles. The Morgan fingerprint density at radius 1 is 1.12 bits per heavy atom. The highest BCUT2D eigenvalue weighted by molar-refractivity contribution is 7.89. The zero-order chi connectivity index (χ0) is 19.5. The van der Waals surface area contributed by atoms with E-state index in [1.54, 1.807) is 6.07 Å². The molecule has 0 unspecified atom stereocenters. The van der Waals surface area contributed by atoms with Crippen LogP contribution in [-0.4, -0.2) is 62.3 Å². The van der Waals surface area contributed by atoms with E-state index in [0.717, 1.165) is 11.1 Å². The fourth-order valence-electron chi connectivity index (χ4n) is 3.07. The zero-order valence-corrected chi connectivity index (χ0v) is 17.3. The van der Waals surface area contributed by atoms with Crippen molar-refractivity contribution >= 4 is 15.9 Å². The number of carbonyl (C=O) groups excluding carboxylic acids is 1. The molecule has 1 aromatic carbocycles. The van der Waals surface area contributed by atoms with Crippen molar-refractivity contribution in [2.45, 2.75) is 45.6 Å². The van der Waals surface area contributed by atoms with Gasteiger partial charge in [-0.3, -0.25) is 9.69 Å². The Balaban J connectivity index is 2.01. The number of hydrogen-bond acceptors (Lipinski definition) is 4. The number of sulfonamides is 1. The first kappa shape index (κ1) is 20.9. The number of amides is 1. The average molecular weight is 382 g/mol. The van der Waals surface area contributed by atoms with Gasteiger partial charge in [-0.25, -0.2) is 8.42 Å². The average Bonchev–Trinajstić information content (AvgIpc) is 2.61. The lowest BCUT2D eigenvalue weighted by molar-refractivity contribution is -0.126. The van der Waals surface area contributed by atoms with Crippen LogP contribution >= 0.6 is 0 Å². The third-order valence-electron chi connectivity index (χ3n) is 4.85. The number of hydrogen-bond donors (Lipinski definition) is 1. The van der Waals surface area contributed by atoms with Gasteiger partial charge >= 0.3 is 0 Å². The van der Waals surface area contributed by atoms with E-state index >= 15 is 0 Å². The van der Waals surface area contributed by atoms with Crippen LogP contribution in [0.5, 0.6) is 0 Å². The van der Waals surface area contributed by atoms with Gasteiger partial charge in [0.05, 0.1) is 10.9 Å². The molecule has 1 fully saturated rings. The summed E-state index contributed by atoms with van der Waals surface area (Å²) in [5, 5.41) is 2.95. The summed E-state index contributed by atoms with van der Waals surface area (Å²) in [7, 11) is -3.50. The Morgan fingerprint density at radius 2 is 1.73 bits per heavy atom. The van der Waals surface area contributed by atoms with E-state index in [1.807, 2.05) is 37.8 Å². The summed E-state index contributed by atoms with van der Waals surface area (Å²) >= 11 is 0. The van der Waals surface area contributed by atoms with E-state index < -0.39 is 10.0 Å². The molecular weight excluding hydrogens is 350 g/mol. The van der Waals surface area contributed by atoms with Crippen LogP contribution in [0.1, 0.15) is 31.9 Å². The minimum absolute atomic E-state index is 0.00420. The van der Waals surface area contributed by atoms with Crippen molar-refractivity contribution in [1.29, 1.82) is 0 Å². The highest BCUT2D eigenvalue weighted by atomic mass is 32.2. The molecule has 1 saturated heterocycles. The lowest BCUT2D eigenvalue weighted by Gasteiger charge is -2.37. The lowest BCUT2D eigenvalue weighted by atomic mass is 10.2. The van der Waals surface area contributed by atoms with Gasteiger partial charge in [0.25, 0.3) is 0 Å². The van der Waals surface area contributed by atoms with Crippen molar-refractivity contribution in [2.24, 2.45) is 5.92 Å². The maximum Gasteiger partial charge on any atom is 0.243 e. The second-order valence-corrected chi connectivity index (χ2v) is 9.43. The molecule has 0 spiro atoms. The van der Waals surface area contributed by atoms with E-state index in [9.17, 15) is 13.2 Å². The summed E-state index contributed by atoms with van der Waals surface area (Å²) in [4.78, 5) is 14.7. The molecule has 1 amide bonds. The van der Waals surface area contributed by atoms with Gasteiger partial charge in [0.1, 0.15) is 0 Å². The van der Waals surface area contributed by atoms with E-state index in [2.05, 4.69) is 19.2 Å². The van der Waals surface area contributed by atoms with Crippen LogP contribution < -0.4 is 5.32 Å². The van der Waals surface area contributed by atoms with Crippen molar-refractivity contribution in [2.75, 3.05) is 32.7 Å². The number of benzene rings is 1. The summed E-state index contributed by atoms with van der Waals surface area (Å²) in [5.41, 5.74) is 1.70. The van der Waals surface area contributed by atoms with Crippen molar-refractivity contribution in [3.8, 4) is 0 Å². The molecule has 0 saturated carbocycles. The van der Waals surface area contributed by atoms with Gasteiger partial charge in [-0.15, -0.1) is 0 Å². The fourth-order valence-corrected chi connectivity index (χ4v) is 4.81. The Bertz CT molecular complexity index is 738. The summed E-state index contributed by atoms with van der Waals surface area (Å²) in [6.45, 7) is 12.3. The second-order valence-electron chi connectivity index (χ2n) is 7.52. The second kappa shape index (κ2) is 8.50. The Labute approximate surface area is 157 Å². The van der Waals surface area contributed by atoms with Gasteiger partial charge in [-0.2, -0.15) is 4.31 Å². The SMILES string of the molecule is Cc1ccc(C)c(S(=O)(=O)N2CCN([C@H](C)C(=O)NCC(C)C)CC2)c1. The summed E-state index contributed by atoms with van der Waals surface area (Å²) in [6, 6.07) is 5.25.